The van der Waals surface area contributed by atoms with Gasteiger partial charge in [-0.05, 0) is 37.5 Å². The number of fused-ring (bicyclic) bond motifs is 1. The number of ether oxygens (including phenoxy) is 1. The standard InChI is InChI=1S/C22H20N4O/c1-15-20-18(13-12-16-8-4-2-5-9-16)19(14-23)21(24)27-22(20)26(25-15)17-10-6-3-7-11-17/h2-11,18H,12-13,24H2,1H3. The predicted octanol–water partition coefficient (Wildman–Crippen LogP) is 3.98. The van der Waals surface area contributed by atoms with Gasteiger partial charge >= 0.3 is 0 Å². The van der Waals surface area contributed by atoms with Gasteiger partial charge in [-0.25, -0.2) is 4.68 Å². The second-order valence-corrected chi connectivity index (χ2v) is 6.62. The van der Waals surface area contributed by atoms with E-state index in [0.29, 0.717) is 11.5 Å². The molecule has 5 nitrogen and oxygen atoms in total. The van der Waals surface area contributed by atoms with E-state index in [1.54, 1.807) is 4.68 Å². The Bertz CT molecular complexity index is 1030. The number of para-hydroxylation sites is 1. The van der Waals surface area contributed by atoms with Crippen LogP contribution in [0.5, 0.6) is 5.88 Å². The van der Waals surface area contributed by atoms with Gasteiger partial charge in [-0.3, -0.25) is 0 Å². The lowest BCUT2D eigenvalue weighted by molar-refractivity contribution is 0.360. The van der Waals surface area contributed by atoms with Gasteiger partial charge in [0.1, 0.15) is 6.07 Å². The minimum Gasteiger partial charge on any atom is -0.422 e. The Hall–Kier alpha value is -3.52. The van der Waals surface area contributed by atoms with Gasteiger partial charge in [0, 0.05) is 11.5 Å². The van der Waals surface area contributed by atoms with E-state index in [1.165, 1.54) is 5.56 Å². The van der Waals surface area contributed by atoms with Crippen molar-refractivity contribution in [1.82, 2.24) is 9.78 Å². The third-order valence-electron chi connectivity index (χ3n) is 4.92. The SMILES string of the molecule is Cc1nn(-c2ccccc2)c2c1C(CCc1ccccc1)C(C#N)=C(N)O2. The normalized spacial score (nSPS) is 15.8. The van der Waals surface area contributed by atoms with E-state index in [1.807, 2.05) is 55.5 Å². The number of allylic oxidation sites excluding steroid dienone is 1. The van der Waals surface area contributed by atoms with Gasteiger partial charge in [-0.1, -0.05) is 48.5 Å². The summed E-state index contributed by atoms with van der Waals surface area (Å²) in [5.74, 6) is 0.643. The summed E-state index contributed by atoms with van der Waals surface area (Å²) in [6.07, 6.45) is 1.62. The number of aromatic nitrogens is 2. The van der Waals surface area contributed by atoms with E-state index in [2.05, 4.69) is 23.3 Å². The maximum absolute atomic E-state index is 9.67. The molecule has 0 saturated carbocycles. The van der Waals surface area contributed by atoms with Crippen LogP contribution in [0.4, 0.5) is 0 Å². The minimum absolute atomic E-state index is 0.128. The zero-order chi connectivity index (χ0) is 18.8. The van der Waals surface area contributed by atoms with Crippen molar-refractivity contribution in [2.24, 2.45) is 5.73 Å². The highest BCUT2D eigenvalue weighted by atomic mass is 16.5. The van der Waals surface area contributed by atoms with Gasteiger partial charge in [0.05, 0.1) is 17.0 Å². The summed E-state index contributed by atoms with van der Waals surface area (Å²) in [6, 6.07) is 22.3. The van der Waals surface area contributed by atoms with E-state index in [9.17, 15) is 5.26 Å². The Morgan fingerprint density at radius 3 is 2.44 bits per heavy atom. The number of benzene rings is 2. The fourth-order valence-corrected chi connectivity index (χ4v) is 3.61. The number of hydrogen-bond donors (Lipinski definition) is 1. The summed E-state index contributed by atoms with van der Waals surface area (Å²) in [4.78, 5) is 0. The van der Waals surface area contributed by atoms with Gasteiger partial charge in [0.25, 0.3) is 0 Å². The van der Waals surface area contributed by atoms with Crippen molar-refractivity contribution >= 4 is 0 Å². The smallest absolute Gasteiger partial charge is 0.228 e. The number of nitrogens with two attached hydrogens (primary N) is 1. The molecule has 5 heteroatoms. The topological polar surface area (TPSA) is 76.9 Å². The molecule has 0 bridgehead atoms. The first-order valence-electron chi connectivity index (χ1n) is 8.95. The van der Waals surface area contributed by atoms with Crippen LogP contribution in [0.15, 0.2) is 72.1 Å². The molecule has 0 amide bonds. The molecule has 1 unspecified atom stereocenters. The fourth-order valence-electron chi connectivity index (χ4n) is 3.61. The summed E-state index contributed by atoms with van der Waals surface area (Å²) in [5, 5.41) is 14.3. The number of nitriles is 1. The van der Waals surface area contributed by atoms with Crippen LogP contribution in [0.25, 0.3) is 5.69 Å². The van der Waals surface area contributed by atoms with Crippen LogP contribution in [0, 0.1) is 18.3 Å². The summed E-state index contributed by atoms with van der Waals surface area (Å²) in [7, 11) is 0. The average molecular weight is 356 g/mol. The Balaban J connectivity index is 1.76. The molecule has 1 aliphatic rings. The molecule has 0 spiro atoms. The summed E-state index contributed by atoms with van der Waals surface area (Å²) in [5.41, 5.74) is 10.5. The van der Waals surface area contributed by atoms with Gasteiger partial charge in [0.2, 0.25) is 11.8 Å². The Morgan fingerprint density at radius 2 is 1.78 bits per heavy atom. The highest BCUT2D eigenvalue weighted by Gasteiger charge is 2.34. The van der Waals surface area contributed by atoms with Crippen molar-refractivity contribution in [1.29, 1.82) is 5.26 Å². The maximum Gasteiger partial charge on any atom is 0.228 e. The first-order valence-corrected chi connectivity index (χ1v) is 8.95. The van der Waals surface area contributed by atoms with Crippen LogP contribution in [0.2, 0.25) is 0 Å². The molecule has 0 radical (unpaired) electrons. The molecule has 2 N–H and O–H groups in total. The maximum atomic E-state index is 9.67. The van der Waals surface area contributed by atoms with Crippen LogP contribution in [-0.2, 0) is 6.42 Å². The van der Waals surface area contributed by atoms with E-state index < -0.39 is 0 Å². The largest absolute Gasteiger partial charge is 0.422 e. The van der Waals surface area contributed by atoms with Crippen molar-refractivity contribution in [2.45, 2.75) is 25.7 Å². The second-order valence-electron chi connectivity index (χ2n) is 6.62. The number of rotatable bonds is 4. The Kier molecular flexibility index (Phi) is 4.39. The molecule has 4 rings (SSSR count). The van der Waals surface area contributed by atoms with Gasteiger partial charge < -0.3 is 10.5 Å². The molecule has 0 saturated heterocycles. The molecule has 0 fully saturated rings. The lowest BCUT2D eigenvalue weighted by Gasteiger charge is -2.24. The van der Waals surface area contributed by atoms with Crippen LogP contribution in [0.3, 0.4) is 0 Å². The Labute approximate surface area is 158 Å². The van der Waals surface area contributed by atoms with Crippen molar-refractivity contribution in [3.8, 4) is 17.6 Å². The zero-order valence-corrected chi connectivity index (χ0v) is 15.1. The molecule has 134 valence electrons. The quantitative estimate of drug-likeness (QED) is 0.767. The van der Waals surface area contributed by atoms with E-state index in [-0.39, 0.29) is 11.8 Å². The highest BCUT2D eigenvalue weighted by molar-refractivity contribution is 5.52. The highest BCUT2D eigenvalue weighted by Crippen LogP contribution is 2.43. The summed E-state index contributed by atoms with van der Waals surface area (Å²) in [6.45, 7) is 1.95. The number of nitrogens with zero attached hydrogens (tertiary/aromatic N) is 3. The lowest BCUT2D eigenvalue weighted by atomic mass is 9.85. The van der Waals surface area contributed by atoms with E-state index in [0.717, 1.165) is 29.8 Å². The third kappa shape index (κ3) is 3.06. The minimum atomic E-state index is -0.128. The van der Waals surface area contributed by atoms with Gasteiger partial charge in [-0.15, -0.1) is 0 Å². The molecular formula is C22H20N4O. The third-order valence-corrected chi connectivity index (χ3v) is 4.92. The summed E-state index contributed by atoms with van der Waals surface area (Å²) >= 11 is 0. The molecule has 1 aromatic heterocycles. The number of aryl methyl sites for hydroxylation is 2. The molecule has 0 aliphatic carbocycles. The molecular weight excluding hydrogens is 336 g/mol. The Morgan fingerprint density at radius 1 is 1.11 bits per heavy atom. The van der Waals surface area contributed by atoms with Crippen LogP contribution in [-0.4, -0.2) is 9.78 Å². The molecule has 2 aromatic carbocycles. The van der Waals surface area contributed by atoms with Gasteiger partial charge in [0.15, 0.2) is 0 Å². The first-order chi connectivity index (χ1) is 13.2. The zero-order valence-electron chi connectivity index (χ0n) is 15.1. The molecule has 1 aliphatic heterocycles. The van der Waals surface area contributed by atoms with E-state index in [4.69, 9.17) is 10.5 Å². The van der Waals surface area contributed by atoms with E-state index >= 15 is 0 Å². The van der Waals surface area contributed by atoms with Crippen molar-refractivity contribution in [3.63, 3.8) is 0 Å². The molecule has 27 heavy (non-hydrogen) atoms. The first kappa shape index (κ1) is 16.9. The molecule has 3 aromatic rings. The van der Waals surface area contributed by atoms with Crippen molar-refractivity contribution in [2.75, 3.05) is 0 Å². The number of hydrogen-bond acceptors (Lipinski definition) is 4. The monoisotopic (exact) mass is 356 g/mol. The van der Waals surface area contributed by atoms with Crippen molar-refractivity contribution in [3.05, 3.63) is 88.9 Å². The fraction of sp³-hybridized carbons (Fsp3) is 0.182. The molecule has 1 atom stereocenters. The van der Waals surface area contributed by atoms with Gasteiger partial charge in [-0.2, -0.15) is 10.4 Å². The van der Waals surface area contributed by atoms with Crippen LogP contribution in [0.1, 0.15) is 29.2 Å². The summed E-state index contributed by atoms with van der Waals surface area (Å²) < 4.78 is 7.62. The average Bonchev–Trinajstić information content (AvgIpc) is 3.03. The molecule has 2 heterocycles. The van der Waals surface area contributed by atoms with Crippen molar-refractivity contribution < 1.29 is 4.74 Å². The lowest BCUT2D eigenvalue weighted by Crippen LogP contribution is -2.21. The predicted molar refractivity (Wildman–Crippen MR) is 103 cm³/mol. The second kappa shape index (κ2) is 7.00. The van der Waals surface area contributed by atoms with Crippen LogP contribution < -0.4 is 10.5 Å². The van der Waals surface area contributed by atoms with Crippen LogP contribution >= 0.6 is 0 Å².